The van der Waals surface area contributed by atoms with E-state index in [-0.39, 0.29) is 0 Å². The van der Waals surface area contributed by atoms with Crippen molar-refractivity contribution in [2.75, 3.05) is 7.11 Å². The van der Waals surface area contributed by atoms with Gasteiger partial charge in [0.25, 0.3) is 0 Å². The lowest BCUT2D eigenvalue weighted by Gasteiger charge is -2.27. The van der Waals surface area contributed by atoms with E-state index in [0.29, 0.717) is 0 Å². The molecule has 18 heavy (non-hydrogen) atoms. The summed E-state index contributed by atoms with van der Waals surface area (Å²) in [5.41, 5.74) is 4.22. The van der Waals surface area contributed by atoms with Crippen molar-refractivity contribution in [3.05, 3.63) is 42.8 Å². The van der Waals surface area contributed by atoms with Gasteiger partial charge in [-0.15, -0.1) is 13.2 Å². The minimum atomic E-state index is -1.62. The average Bonchev–Trinajstić information content (AvgIpc) is 2.37. The van der Waals surface area contributed by atoms with E-state index in [1.807, 2.05) is 0 Å². The van der Waals surface area contributed by atoms with Gasteiger partial charge in [-0.2, -0.15) is 0 Å². The zero-order chi connectivity index (χ0) is 14.0. The second kappa shape index (κ2) is 5.28. The first-order chi connectivity index (χ1) is 8.30. The van der Waals surface area contributed by atoms with Crippen LogP contribution in [0.2, 0.25) is 26.2 Å². The Morgan fingerprint density at radius 3 is 1.61 bits per heavy atom. The van der Waals surface area contributed by atoms with Gasteiger partial charge in [0.05, 0.1) is 7.11 Å². The number of hydrogen-bond acceptors (Lipinski definition) is 1. The van der Waals surface area contributed by atoms with Crippen LogP contribution in [0, 0.1) is 0 Å². The fourth-order valence-corrected chi connectivity index (χ4v) is 5.25. The predicted octanol–water partition coefficient (Wildman–Crippen LogP) is 2.98. The van der Waals surface area contributed by atoms with Crippen molar-refractivity contribution in [1.29, 1.82) is 0 Å². The summed E-state index contributed by atoms with van der Waals surface area (Å²) in [6.45, 7) is 17.2. The Balaban J connectivity index is 3.54. The molecule has 0 heterocycles. The second-order valence-corrected chi connectivity index (χ2v) is 14.5. The molecule has 0 atom stereocenters. The number of methoxy groups -OCH3 is 1. The van der Waals surface area contributed by atoms with E-state index in [0.717, 1.165) is 5.75 Å². The molecule has 0 aromatic heterocycles. The Morgan fingerprint density at radius 2 is 1.33 bits per heavy atom. The number of para-hydroxylation sites is 1. The van der Waals surface area contributed by atoms with Crippen LogP contribution in [0.25, 0.3) is 0 Å². The van der Waals surface area contributed by atoms with Gasteiger partial charge in [-0.05, 0) is 10.4 Å². The Labute approximate surface area is 113 Å². The molecule has 1 aromatic rings. The van der Waals surface area contributed by atoms with Crippen molar-refractivity contribution in [1.82, 2.24) is 0 Å². The van der Waals surface area contributed by atoms with Gasteiger partial charge in [-0.3, -0.25) is 0 Å². The maximum atomic E-state index is 5.73. The van der Waals surface area contributed by atoms with Crippen LogP contribution in [-0.2, 0) is 0 Å². The molecule has 1 nitrogen and oxygen atoms in total. The SMILES string of the molecule is C=C[Si](C)(C)c1cccc([Si](C)(C)C=C)c1OC. The molecular weight excluding hydrogens is 252 g/mol. The minimum absolute atomic E-state index is 1.06. The molecule has 1 aromatic carbocycles. The summed E-state index contributed by atoms with van der Waals surface area (Å²) in [7, 11) is -1.46. The summed E-state index contributed by atoms with van der Waals surface area (Å²) < 4.78 is 5.73. The molecule has 0 spiro atoms. The first-order valence-corrected chi connectivity index (χ1v) is 12.4. The summed E-state index contributed by atoms with van der Waals surface area (Å²) in [6.07, 6.45) is 0. The molecule has 98 valence electrons. The van der Waals surface area contributed by atoms with E-state index in [2.05, 4.69) is 68.9 Å². The van der Waals surface area contributed by atoms with Gasteiger partial charge in [-0.25, -0.2) is 0 Å². The molecule has 0 amide bonds. The Hall–Kier alpha value is -1.07. The zero-order valence-corrected chi connectivity index (χ0v) is 14.2. The molecule has 3 heteroatoms. The van der Waals surface area contributed by atoms with E-state index in [1.54, 1.807) is 7.11 Å². The Morgan fingerprint density at radius 1 is 0.944 bits per heavy atom. The van der Waals surface area contributed by atoms with E-state index >= 15 is 0 Å². The highest BCUT2D eigenvalue weighted by atomic mass is 28.3. The van der Waals surface area contributed by atoms with Crippen LogP contribution in [0.15, 0.2) is 42.8 Å². The van der Waals surface area contributed by atoms with Crippen molar-refractivity contribution in [3.63, 3.8) is 0 Å². The summed E-state index contributed by atoms with van der Waals surface area (Å²) in [5.74, 6) is 1.06. The summed E-state index contributed by atoms with van der Waals surface area (Å²) in [5, 5.41) is 2.67. The third-order valence-electron chi connectivity index (χ3n) is 3.63. The highest BCUT2D eigenvalue weighted by Gasteiger charge is 2.30. The molecule has 0 aliphatic heterocycles. The fraction of sp³-hybridized carbons (Fsp3) is 0.333. The largest absolute Gasteiger partial charge is 0.497 e. The summed E-state index contributed by atoms with van der Waals surface area (Å²) >= 11 is 0. The molecule has 0 saturated heterocycles. The van der Waals surface area contributed by atoms with Crippen molar-refractivity contribution in [2.24, 2.45) is 0 Å². The van der Waals surface area contributed by atoms with Gasteiger partial charge >= 0.3 is 0 Å². The van der Waals surface area contributed by atoms with Gasteiger partial charge in [0.1, 0.15) is 21.9 Å². The van der Waals surface area contributed by atoms with E-state index in [9.17, 15) is 0 Å². The van der Waals surface area contributed by atoms with Crippen molar-refractivity contribution in [3.8, 4) is 5.75 Å². The van der Waals surface area contributed by atoms with Crippen LogP contribution in [0.5, 0.6) is 5.75 Å². The third kappa shape index (κ3) is 2.67. The van der Waals surface area contributed by atoms with Crippen molar-refractivity contribution >= 4 is 26.5 Å². The number of hydrogen-bond donors (Lipinski definition) is 0. The molecule has 0 radical (unpaired) electrons. The van der Waals surface area contributed by atoms with Gasteiger partial charge in [-0.1, -0.05) is 55.8 Å². The standard InChI is InChI=1S/C15H24OSi2/c1-8-17(4,5)13-11-10-12-14(15(13)16-3)18(6,7)9-2/h8-12H,1-2H2,3-7H3. The molecule has 0 saturated carbocycles. The van der Waals surface area contributed by atoms with Gasteiger partial charge in [0, 0.05) is 0 Å². The highest BCUT2D eigenvalue weighted by Crippen LogP contribution is 2.17. The highest BCUT2D eigenvalue weighted by molar-refractivity contribution is 6.97. The van der Waals surface area contributed by atoms with Gasteiger partial charge in [0.15, 0.2) is 0 Å². The monoisotopic (exact) mass is 276 g/mol. The molecule has 1 rings (SSSR count). The Kier molecular flexibility index (Phi) is 4.40. The predicted molar refractivity (Wildman–Crippen MR) is 87.6 cm³/mol. The lowest BCUT2D eigenvalue weighted by molar-refractivity contribution is 0.421. The maximum Gasteiger partial charge on any atom is 0.118 e. The fourth-order valence-electron chi connectivity index (χ4n) is 1.99. The first kappa shape index (κ1) is 15.0. The summed E-state index contributed by atoms with van der Waals surface area (Å²) in [6, 6.07) is 6.51. The van der Waals surface area contributed by atoms with E-state index < -0.39 is 16.1 Å². The van der Waals surface area contributed by atoms with Gasteiger partial charge in [0.2, 0.25) is 0 Å². The lowest BCUT2D eigenvalue weighted by Crippen LogP contribution is -2.47. The molecule has 0 fully saturated rings. The normalized spacial score (nSPS) is 12.1. The van der Waals surface area contributed by atoms with Crippen LogP contribution in [0.1, 0.15) is 0 Å². The Bertz CT molecular complexity index is 423. The van der Waals surface area contributed by atoms with Crippen molar-refractivity contribution in [2.45, 2.75) is 26.2 Å². The topological polar surface area (TPSA) is 9.23 Å². The molecule has 0 bridgehead atoms. The van der Waals surface area contributed by atoms with E-state index in [1.165, 1.54) is 10.4 Å². The average molecular weight is 277 g/mol. The van der Waals surface area contributed by atoms with E-state index in [4.69, 9.17) is 4.74 Å². The quantitative estimate of drug-likeness (QED) is 0.751. The van der Waals surface area contributed by atoms with Crippen LogP contribution >= 0.6 is 0 Å². The second-order valence-electron chi connectivity index (χ2n) is 5.74. The van der Waals surface area contributed by atoms with Gasteiger partial charge < -0.3 is 4.74 Å². The van der Waals surface area contributed by atoms with Crippen molar-refractivity contribution < 1.29 is 4.74 Å². The third-order valence-corrected chi connectivity index (χ3v) is 9.23. The number of benzene rings is 1. The first-order valence-electron chi connectivity index (χ1n) is 6.25. The molecule has 0 aliphatic carbocycles. The molecule has 0 N–H and O–H groups in total. The van der Waals surface area contributed by atoms with Crippen LogP contribution in [0.3, 0.4) is 0 Å². The molecule has 0 unspecified atom stereocenters. The van der Waals surface area contributed by atoms with Crippen LogP contribution in [-0.4, -0.2) is 23.3 Å². The zero-order valence-electron chi connectivity index (χ0n) is 12.2. The van der Waals surface area contributed by atoms with Crippen LogP contribution < -0.4 is 15.1 Å². The van der Waals surface area contributed by atoms with Crippen LogP contribution in [0.4, 0.5) is 0 Å². The maximum absolute atomic E-state index is 5.73. The smallest absolute Gasteiger partial charge is 0.118 e. The molecule has 0 aliphatic rings. The lowest BCUT2D eigenvalue weighted by atomic mass is 10.3. The number of rotatable bonds is 5. The number of ether oxygens (including phenoxy) is 1. The summed E-state index contributed by atoms with van der Waals surface area (Å²) in [4.78, 5) is 0. The minimum Gasteiger partial charge on any atom is -0.497 e. The molecular formula is C15H24OSi2.